The minimum Gasteiger partial charge on any atom is -0.488 e. The molecule has 0 bridgehead atoms. The zero-order chi connectivity index (χ0) is 13.8. The Bertz CT molecular complexity index is 663. The first-order chi connectivity index (χ1) is 9.11. The predicted molar refractivity (Wildman–Crippen MR) is 67.0 cm³/mol. The lowest BCUT2D eigenvalue weighted by Gasteiger charge is -2.16. The maximum atomic E-state index is 11.6. The van der Waals surface area contributed by atoms with Crippen LogP contribution in [0.25, 0.3) is 0 Å². The topological polar surface area (TPSA) is 97.2 Å². The Balaban J connectivity index is 2.35. The van der Waals surface area contributed by atoms with Gasteiger partial charge in [0.15, 0.2) is 6.23 Å². The molecule has 0 radical (unpaired) electrons. The summed E-state index contributed by atoms with van der Waals surface area (Å²) < 4.78 is 6.09. The van der Waals surface area contributed by atoms with Gasteiger partial charge in [0.25, 0.3) is 5.88 Å². The number of nitrogens with one attached hydrogen (secondary N) is 1. The number of hydrogen-bond acceptors (Lipinski definition) is 5. The van der Waals surface area contributed by atoms with Crippen LogP contribution in [0, 0.1) is 0 Å². The minimum atomic E-state index is -0.921. The molecule has 0 aliphatic rings. The maximum Gasteiger partial charge on any atom is 0.347 e. The molecule has 0 saturated heterocycles. The molecule has 0 aliphatic heterocycles. The summed E-state index contributed by atoms with van der Waals surface area (Å²) in [6.45, 7) is 0. The van der Waals surface area contributed by atoms with E-state index in [2.05, 4.69) is 5.10 Å². The molecule has 1 heterocycles. The zero-order valence-corrected chi connectivity index (χ0v) is 10.2. The SMILES string of the molecule is COC(Cc1ccccc1)n1nc(O)c(=O)[nH]c1=O. The van der Waals surface area contributed by atoms with E-state index in [0.29, 0.717) is 6.42 Å². The molecule has 0 spiro atoms. The number of nitrogens with zero attached hydrogens (tertiary/aromatic N) is 2. The molecule has 0 aliphatic carbocycles. The van der Waals surface area contributed by atoms with Crippen LogP contribution in [-0.2, 0) is 11.2 Å². The third-order valence-corrected chi connectivity index (χ3v) is 2.63. The summed E-state index contributed by atoms with van der Waals surface area (Å²) in [4.78, 5) is 24.6. The van der Waals surface area contributed by atoms with Crippen LogP contribution in [0.2, 0.25) is 0 Å². The molecule has 1 aromatic carbocycles. The Hall–Kier alpha value is -2.41. The number of aromatic amines is 1. The molecule has 1 aromatic heterocycles. The van der Waals surface area contributed by atoms with Crippen LogP contribution >= 0.6 is 0 Å². The average molecular weight is 263 g/mol. The van der Waals surface area contributed by atoms with E-state index >= 15 is 0 Å². The number of H-pyrrole nitrogens is 1. The van der Waals surface area contributed by atoms with Crippen LogP contribution in [-0.4, -0.2) is 27.0 Å². The van der Waals surface area contributed by atoms with Gasteiger partial charge >= 0.3 is 11.2 Å². The Kier molecular flexibility index (Phi) is 3.76. The van der Waals surface area contributed by atoms with Crippen LogP contribution in [0.3, 0.4) is 0 Å². The second-order valence-electron chi connectivity index (χ2n) is 3.91. The molecular formula is C12H13N3O4. The molecule has 2 N–H and O–H groups in total. The van der Waals surface area contributed by atoms with E-state index in [9.17, 15) is 14.7 Å². The highest BCUT2D eigenvalue weighted by Gasteiger charge is 2.16. The molecule has 2 aromatic rings. The van der Waals surface area contributed by atoms with Crippen molar-refractivity contribution in [2.24, 2.45) is 0 Å². The summed E-state index contributed by atoms with van der Waals surface area (Å²) in [6, 6.07) is 9.36. The van der Waals surface area contributed by atoms with Crippen molar-refractivity contribution in [2.45, 2.75) is 12.6 Å². The fraction of sp³-hybridized carbons (Fsp3) is 0.250. The molecule has 1 unspecified atom stereocenters. The molecular weight excluding hydrogens is 250 g/mol. The van der Waals surface area contributed by atoms with E-state index in [-0.39, 0.29) is 0 Å². The van der Waals surface area contributed by atoms with Crippen molar-refractivity contribution in [3.8, 4) is 5.88 Å². The highest BCUT2D eigenvalue weighted by molar-refractivity contribution is 5.15. The number of rotatable bonds is 4. The fourth-order valence-corrected chi connectivity index (χ4v) is 1.68. The molecule has 7 nitrogen and oxygen atoms in total. The van der Waals surface area contributed by atoms with Crippen molar-refractivity contribution in [1.82, 2.24) is 14.8 Å². The molecule has 2 rings (SSSR count). The monoisotopic (exact) mass is 263 g/mol. The predicted octanol–water partition coefficient (Wildman–Crippen LogP) is 0.0249. The number of benzene rings is 1. The largest absolute Gasteiger partial charge is 0.488 e. The summed E-state index contributed by atoms with van der Waals surface area (Å²) in [7, 11) is 1.42. The quantitative estimate of drug-likeness (QED) is 0.810. The summed E-state index contributed by atoms with van der Waals surface area (Å²) in [5, 5.41) is 12.8. The Morgan fingerprint density at radius 3 is 2.68 bits per heavy atom. The van der Waals surface area contributed by atoms with E-state index in [1.807, 2.05) is 35.3 Å². The molecule has 0 fully saturated rings. The first kappa shape index (κ1) is 13.0. The number of aromatic hydroxyl groups is 1. The molecule has 0 saturated carbocycles. The minimum absolute atomic E-state index is 0.385. The molecule has 19 heavy (non-hydrogen) atoms. The lowest BCUT2D eigenvalue weighted by molar-refractivity contribution is 0.0271. The van der Waals surface area contributed by atoms with Gasteiger partial charge in [-0.2, -0.15) is 4.68 Å². The van der Waals surface area contributed by atoms with Crippen molar-refractivity contribution in [3.05, 3.63) is 56.7 Å². The van der Waals surface area contributed by atoms with Gasteiger partial charge in [0.05, 0.1) is 0 Å². The molecule has 100 valence electrons. The van der Waals surface area contributed by atoms with Crippen LogP contribution < -0.4 is 11.2 Å². The van der Waals surface area contributed by atoms with E-state index in [4.69, 9.17) is 4.74 Å². The van der Waals surface area contributed by atoms with Crippen molar-refractivity contribution in [2.75, 3.05) is 7.11 Å². The molecule has 7 heteroatoms. The number of aromatic nitrogens is 3. The fourth-order valence-electron chi connectivity index (χ4n) is 1.68. The second-order valence-corrected chi connectivity index (χ2v) is 3.91. The Morgan fingerprint density at radius 2 is 2.05 bits per heavy atom. The summed E-state index contributed by atoms with van der Waals surface area (Å²) in [6.07, 6.45) is -0.326. The third kappa shape index (κ3) is 2.89. The van der Waals surface area contributed by atoms with Gasteiger partial charge in [0.1, 0.15) is 0 Å². The van der Waals surface area contributed by atoms with Crippen molar-refractivity contribution in [1.29, 1.82) is 0 Å². The number of hydrogen-bond donors (Lipinski definition) is 2. The van der Waals surface area contributed by atoms with Crippen molar-refractivity contribution >= 4 is 0 Å². The molecule has 0 amide bonds. The Morgan fingerprint density at radius 1 is 1.37 bits per heavy atom. The van der Waals surface area contributed by atoms with E-state index < -0.39 is 23.4 Å². The second kappa shape index (κ2) is 5.49. The van der Waals surface area contributed by atoms with Gasteiger partial charge in [0.2, 0.25) is 0 Å². The van der Waals surface area contributed by atoms with Gasteiger partial charge in [-0.25, -0.2) is 4.79 Å². The highest BCUT2D eigenvalue weighted by Crippen LogP contribution is 2.12. The normalized spacial score (nSPS) is 12.3. The van der Waals surface area contributed by atoms with Crippen LogP contribution in [0.1, 0.15) is 11.8 Å². The summed E-state index contributed by atoms with van der Waals surface area (Å²) >= 11 is 0. The maximum absolute atomic E-state index is 11.6. The van der Waals surface area contributed by atoms with Crippen molar-refractivity contribution in [3.63, 3.8) is 0 Å². The smallest absolute Gasteiger partial charge is 0.347 e. The first-order valence-corrected chi connectivity index (χ1v) is 5.60. The van der Waals surface area contributed by atoms with Gasteiger partial charge in [-0.05, 0) is 5.56 Å². The molecule has 1 atom stereocenters. The van der Waals surface area contributed by atoms with Gasteiger partial charge in [-0.1, -0.05) is 30.3 Å². The van der Waals surface area contributed by atoms with Gasteiger partial charge < -0.3 is 9.84 Å². The van der Waals surface area contributed by atoms with Crippen LogP contribution in [0.15, 0.2) is 39.9 Å². The number of ether oxygens (including phenoxy) is 1. The summed E-state index contributed by atoms with van der Waals surface area (Å²) in [5.41, 5.74) is -0.713. The van der Waals surface area contributed by atoms with Gasteiger partial charge in [-0.15, -0.1) is 5.10 Å². The van der Waals surface area contributed by atoms with Crippen molar-refractivity contribution < 1.29 is 9.84 Å². The van der Waals surface area contributed by atoms with Crippen LogP contribution in [0.5, 0.6) is 5.88 Å². The van der Waals surface area contributed by atoms with E-state index in [1.54, 1.807) is 0 Å². The van der Waals surface area contributed by atoms with E-state index in [0.717, 1.165) is 10.2 Å². The lowest BCUT2D eigenvalue weighted by Crippen LogP contribution is -2.36. The zero-order valence-electron chi connectivity index (χ0n) is 10.2. The third-order valence-electron chi connectivity index (χ3n) is 2.63. The first-order valence-electron chi connectivity index (χ1n) is 5.60. The van der Waals surface area contributed by atoms with Crippen LogP contribution in [0.4, 0.5) is 0 Å². The highest BCUT2D eigenvalue weighted by atomic mass is 16.5. The van der Waals surface area contributed by atoms with Gasteiger partial charge in [-0.3, -0.25) is 9.78 Å². The van der Waals surface area contributed by atoms with E-state index in [1.165, 1.54) is 7.11 Å². The Labute approximate surface area is 108 Å². The standard InChI is InChI=1S/C12H13N3O4/c1-19-9(7-8-5-3-2-4-6-8)15-12(18)13-10(16)11(17)14-15/h2-6,9H,7H2,1H3,(H,14,17)(H,13,16,18). The number of methoxy groups -OCH3 is 1. The average Bonchev–Trinajstić information content (AvgIpc) is 2.42. The summed E-state index contributed by atoms with van der Waals surface area (Å²) in [5.74, 6) is -0.769. The van der Waals surface area contributed by atoms with Gasteiger partial charge in [0, 0.05) is 13.5 Å². The lowest BCUT2D eigenvalue weighted by atomic mass is 10.1.